The summed E-state index contributed by atoms with van der Waals surface area (Å²) in [6, 6.07) is 5.08. The van der Waals surface area contributed by atoms with E-state index in [1.54, 1.807) is 0 Å². The van der Waals surface area contributed by atoms with Crippen LogP contribution in [0, 0.1) is 0 Å². The number of imide groups is 1. The highest BCUT2D eigenvalue weighted by atomic mass is 32.2. The number of rotatable bonds is 5. The SMILES string of the molecule is CNC(=O)NC(=O)COC(=O)c1ccc(CS(C)(=O)=O)cc1. The molecule has 22 heavy (non-hydrogen) atoms. The number of urea groups is 1. The molecule has 1 rings (SSSR count). The van der Waals surface area contributed by atoms with Crippen molar-refractivity contribution < 1.29 is 27.5 Å². The molecule has 9 heteroatoms. The Labute approximate surface area is 127 Å². The van der Waals surface area contributed by atoms with E-state index in [0.29, 0.717) is 5.56 Å². The van der Waals surface area contributed by atoms with Crippen molar-refractivity contribution in [3.63, 3.8) is 0 Å². The minimum absolute atomic E-state index is 0.128. The third-order valence-corrected chi connectivity index (χ3v) is 3.29. The second-order valence-electron chi connectivity index (χ2n) is 4.47. The number of hydrogen-bond acceptors (Lipinski definition) is 6. The van der Waals surface area contributed by atoms with Gasteiger partial charge in [0.05, 0.1) is 11.3 Å². The van der Waals surface area contributed by atoms with Gasteiger partial charge < -0.3 is 10.1 Å². The molecule has 0 spiro atoms. The summed E-state index contributed by atoms with van der Waals surface area (Å²) in [6.07, 6.45) is 1.11. The Balaban J connectivity index is 2.56. The van der Waals surface area contributed by atoms with Gasteiger partial charge in [0.15, 0.2) is 16.4 Å². The standard InChI is InChI=1S/C13H16N2O6S/c1-14-13(18)15-11(16)7-21-12(17)10-5-3-9(4-6-10)8-22(2,19)20/h3-6H,7-8H2,1-2H3,(H2,14,15,16,18). The van der Waals surface area contributed by atoms with E-state index in [4.69, 9.17) is 4.74 Å². The first-order chi connectivity index (χ1) is 10.2. The smallest absolute Gasteiger partial charge is 0.338 e. The van der Waals surface area contributed by atoms with Gasteiger partial charge in [-0.05, 0) is 17.7 Å². The van der Waals surface area contributed by atoms with Gasteiger partial charge in [0.1, 0.15) is 0 Å². The van der Waals surface area contributed by atoms with Crippen LogP contribution in [-0.2, 0) is 25.1 Å². The van der Waals surface area contributed by atoms with E-state index >= 15 is 0 Å². The van der Waals surface area contributed by atoms with Crippen LogP contribution in [0.3, 0.4) is 0 Å². The van der Waals surface area contributed by atoms with Crippen molar-refractivity contribution in [2.24, 2.45) is 0 Å². The number of ether oxygens (including phenoxy) is 1. The number of carbonyl (C=O) groups excluding carboxylic acids is 3. The molecule has 2 N–H and O–H groups in total. The molecule has 1 aromatic carbocycles. The normalized spacial score (nSPS) is 10.6. The Morgan fingerprint density at radius 2 is 1.73 bits per heavy atom. The van der Waals surface area contributed by atoms with Crippen molar-refractivity contribution in [2.45, 2.75) is 5.75 Å². The Hall–Kier alpha value is -2.42. The topological polar surface area (TPSA) is 119 Å². The van der Waals surface area contributed by atoms with Gasteiger partial charge in [-0.3, -0.25) is 10.1 Å². The van der Waals surface area contributed by atoms with Crippen molar-refractivity contribution in [3.05, 3.63) is 35.4 Å². The van der Waals surface area contributed by atoms with E-state index in [9.17, 15) is 22.8 Å². The molecule has 0 aliphatic carbocycles. The quantitative estimate of drug-likeness (QED) is 0.725. The first-order valence-electron chi connectivity index (χ1n) is 6.16. The lowest BCUT2D eigenvalue weighted by Crippen LogP contribution is -2.39. The highest BCUT2D eigenvalue weighted by Gasteiger charge is 2.12. The molecule has 0 unspecified atom stereocenters. The summed E-state index contributed by atoms with van der Waals surface area (Å²) in [5.74, 6) is -1.64. The molecular formula is C13H16N2O6S. The molecular weight excluding hydrogens is 312 g/mol. The first kappa shape index (κ1) is 17.6. The minimum atomic E-state index is -3.15. The number of hydrogen-bond donors (Lipinski definition) is 2. The maximum absolute atomic E-state index is 11.7. The van der Waals surface area contributed by atoms with Gasteiger partial charge in [0.25, 0.3) is 5.91 Å². The Morgan fingerprint density at radius 1 is 1.14 bits per heavy atom. The minimum Gasteiger partial charge on any atom is -0.452 e. The zero-order valence-electron chi connectivity index (χ0n) is 12.1. The van der Waals surface area contributed by atoms with Crippen molar-refractivity contribution in [3.8, 4) is 0 Å². The fraction of sp³-hybridized carbons (Fsp3) is 0.308. The van der Waals surface area contributed by atoms with Crippen molar-refractivity contribution >= 4 is 27.7 Å². The van der Waals surface area contributed by atoms with Gasteiger partial charge in [-0.15, -0.1) is 0 Å². The average Bonchev–Trinajstić information content (AvgIpc) is 2.43. The second-order valence-corrected chi connectivity index (χ2v) is 6.61. The van der Waals surface area contributed by atoms with Crippen molar-refractivity contribution in [1.82, 2.24) is 10.6 Å². The summed E-state index contributed by atoms with van der Waals surface area (Å²) >= 11 is 0. The van der Waals surface area contributed by atoms with Crippen LogP contribution in [0.5, 0.6) is 0 Å². The predicted molar refractivity (Wildman–Crippen MR) is 77.9 cm³/mol. The maximum atomic E-state index is 11.7. The van der Waals surface area contributed by atoms with Gasteiger partial charge in [-0.25, -0.2) is 18.0 Å². The van der Waals surface area contributed by atoms with E-state index in [1.807, 2.05) is 5.32 Å². The van der Waals surface area contributed by atoms with Gasteiger partial charge in [-0.1, -0.05) is 12.1 Å². The van der Waals surface area contributed by atoms with Crippen molar-refractivity contribution in [2.75, 3.05) is 19.9 Å². The molecule has 0 saturated heterocycles. The summed E-state index contributed by atoms with van der Waals surface area (Å²) in [7, 11) is -1.81. The number of carbonyl (C=O) groups is 3. The number of amides is 3. The van der Waals surface area contributed by atoms with Crippen LogP contribution in [0.15, 0.2) is 24.3 Å². The monoisotopic (exact) mass is 328 g/mol. The van der Waals surface area contributed by atoms with Crippen LogP contribution in [-0.4, -0.2) is 46.2 Å². The zero-order chi connectivity index (χ0) is 16.8. The van der Waals surface area contributed by atoms with E-state index in [0.717, 1.165) is 6.26 Å². The fourth-order valence-corrected chi connectivity index (χ4v) is 2.28. The maximum Gasteiger partial charge on any atom is 0.338 e. The molecule has 0 aromatic heterocycles. The lowest BCUT2D eigenvalue weighted by molar-refractivity contribution is -0.123. The molecule has 0 aliphatic heterocycles. The molecule has 1 aromatic rings. The first-order valence-corrected chi connectivity index (χ1v) is 8.22. The molecule has 0 fully saturated rings. The Morgan fingerprint density at radius 3 is 2.23 bits per heavy atom. The Kier molecular flexibility index (Phi) is 6.05. The lowest BCUT2D eigenvalue weighted by atomic mass is 10.1. The van der Waals surface area contributed by atoms with Gasteiger partial charge in [-0.2, -0.15) is 0 Å². The molecule has 0 saturated carbocycles. The number of nitrogens with one attached hydrogen (secondary N) is 2. The zero-order valence-corrected chi connectivity index (χ0v) is 12.9. The van der Waals surface area contributed by atoms with E-state index in [2.05, 4.69) is 5.32 Å². The predicted octanol–water partition coefficient (Wildman–Crippen LogP) is -0.156. The van der Waals surface area contributed by atoms with Crippen LogP contribution in [0.1, 0.15) is 15.9 Å². The van der Waals surface area contributed by atoms with Crippen LogP contribution >= 0.6 is 0 Å². The number of sulfone groups is 1. The summed E-state index contributed by atoms with van der Waals surface area (Å²) < 4.78 is 27.0. The van der Waals surface area contributed by atoms with E-state index in [-0.39, 0.29) is 11.3 Å². The highest BCUT2D eigenvalue weighted by Crippen LogP contribution is 2.09. The van der Waals surface area contributed by atoms with Gasteiger partial charge >= 0.3 is 12.0 Å². The van der Waals surface area contributed by atoms with E-state index < -0.39 is 34.4 Å². The van der Waals surface area contributed by atoms with E-state index in [1.165, 1.54) is 31.3 Å². The van der Waals surface area contributed by atoms with Gasteiger partial charge in [0.2, 0.25) is 0 Å². The van der Waals surface area contributed by atoms with Crippen LogP contribution in [0.25, 0.3) is 0 Å². The molecule has 8 nitrogen and oxygen atoms in total. The van der Waals surface area contributed by atoms with Crippen LogP contribution < -0.4 is 10.6 Å². The van der Waals surface area contributed by atoms with Gasteiger partial charge in [0, 0.05) is 13.3 Å². The molecule has 0 radical (unpaired) electrons. The second kappa shape index (κ2) is 7.55. The molecule has 0 bridgehead atoms. The average molecular weight is 328 g/mol. The lowest BCUT2D eigenvalue weighted by Gasteiger charge is -2.06. The summed E-state index contributed by atoms with van der Waals surface area (Å²) in [4.78, 5) is 33.8. The highest BCUT2D eigenvalue weighted by molar-refractivity contribution is 7.89. The summed E-state index contributed by atoms with van der Waals surface area (Å²) in [5.41, 5.74) is 0.710. The van der Waals surface area contributed by atoms with Crippen LogP contribution in [0.4, 0.5) is 4.79 Å². The molecule has 3 amide bonds. The number of benzene rings is 1. The fourth-order valence-electron chi connectivity index (χ4n) is 1.48. The molecule has 0 aliphatic rings. The third-order valence-electron chi connectivity index (χ3n) is 2.43. The van der Waals surface area contributed by atoms with Crippen LogP contribution in [0.2, 0.25) is 0 Å². The largest absolute Gasteiger partial charge is 0.452 e. The Bertz CT molecular complexity index is 666. The molecule has 0 heterocycles. The summed E-state index contributed by atoms with van der Waals surface area (Å²) in [5, 5.41) is 4.12. The molecule has 0 atom stereocenters. The third kappa shape index (κ3) is 6.35. The number of esters is 1. The molecule has 120 valence electrons. The van der Waals surface area contributed by atoms with Crippen molar-refractivity contribution in [1.29, 1.82) is 0 Å². The summed E-state index contributed by atoms with van der Waals surface area (Å²) in [6.45, 7) is -0.600.